The van der Waals surface area contributed by atoms with Crippen molar-refractivity contribution in [3.8, 4) is 11.5 Å². The van der Waals surface area contributed by atoms with Crippen molar-refractivity contribution >= 4 is 22.5 Å². The van der Waals surface area contributed by atoms with Crippen LogP contribution in [0.15, 0.2) is 47.3 Å². The molecule has 0 radical (unpaired) electrons. The Morgan fingerprint density at radius 3 is 2.52 bits per heavy atom. The number of amides is 1. The summed E-state index contributed by atoms with van der Waals surface area (Å²) >= 11 is 0. The standard InChI is InChI=1S/C20H19N3O6/c1-28-16-7-8-17(29-2)18-14(16)11-12(19(24)22-18)9-10-21-20(25)13-5-3-4-6-15(13)23(26)27/h3-8,11H,9-10H2,1-2H3,(H,21,25)(H,22,24). The molecule has 0 atom stereocenters. The maximum absolute atomic E-state index is 12.4. The highest BCUT2D eigenvalue weighted by atomic mass is 16.6. The van der Waals surface area contributed by atoms with E-state index in [0.717, 1.165) is 0 Å². The Morgan fingerprint density at radius 2 is 1.83 bits per heavy atom. The van der Waals surface area contributed by atoms with Gasteiger partial charge in [0.1, 0.15) is 17.1 Å². The number of aromatic nitrogens is 1. The second-order valence-corrected chi connectivity index (χ2v) is 6.16. The minimum absolute atomic E-state index is 0.0312. The fourth-order valence-corrected chi connectivity index (χ4v) is 3.05. The van der Waals surface area contributed by atoms with Crippen LogP contribution in [0.5, 0.6) is 11.5 Å². The van der Waals surface area contributed by atoms with Crippen LogP contribution in [-0.4, -0.2) is 36.6 Å². The lowest BCUT2D eigenvalue weighted by Gasteiger charge is -2.11. The second-order valence-electron chi connectivity index (χ2n) is 6.16. The van der Waals surface area contributed by atoms with E-state index < -0.39 is 10.8 Å². The van der Waals surface area contributed by atoms with Crippen molar-refractivity contribution < 1.29 is 19.2 Å². The molecule has 3 aromatic rings. The molecule has 0 spiro atoms. The van der Waals surface area contributed by atoms with E-state index in [1.54, 1.807) is 24.3 Å². The van der Waals surface area contributed by atoms with Crippen molar-refractivity contribution in [3.63, 3.8) is 0 Å². The average Bonchev–Trinajstić information content (AvgIpc) is 2.73. The highest BCUT2D eigenvalue weighted by Gasteiger charge is 2.19. The van der Waals surface area contributed by atoms with Gasteiger partial charge in [-0.25, -0.2) is 0 Å². The fourth-order valence-electron chi connectivity index (χ4n) is 3.05. The molecule has 0 unspecified atom stereocenters. The molecule has 0 fully saturated rings. The molecule has 9 nitrogen and oxygen atoms in total. The quantitative estimate of drug-likeness (QED) is 0.466. The number of rotatable bonds is 7. The molecule has 2 N–H and O–H groups in total. The summed E-state index contributed by atoms with van der Waals surface area (Å²) in [4.78, 5) is 38.0. The first-order valence-electron chi connectivity index (χ1n) is 8.74. The number of para-hydroxylation sites is 1. The largest absolute Gasteiger partial charge is 0.496 e. The lowest BCUT2D eigenvalue weighted by Crippen LogP contribution is -2.28. The van der Waals surface area contributed by atoms with Gasteiger partial charge in [0.05, 0.1) is 24.7 Å². The number of H-pyrrole nitrogens is 1. The Balaban J connectivity index is 1.81. The number of aromatic amines is 1. The van der Waals surface area contributed by atoms with Gasteiger partial charge in [0, 0.05) is 23.6 Å². The molecular weight excluding hydrogens is 378 g/mol. The molecule has 0 aliphatic rings. The van der Waals surface area contributed by atoms with Crippen LogP contribution in [0.4, 0.5) is 5.69 Å². The first kappa shape index (κ1) is 19.9. The smallest absolute Gasteiger partial charge is 0.282 e. The Hall–Kier alpha value is -3.88. The van der Waals surface area contributed by atoms with Gasteiger partial charge in [-0.2, -0.15) is 0 Å². The number of fused-ring (bicyclic) bond motifs is 1. The molecule has 3 rings (SSSR count). The second kappa shape index (κ2) is 8.42. The molecule has 1 aromatic heterocycles. The van der Waals surface area contributed by atoms with E-state index in [1.807, 2.05) is 0 Å². The van der Waals surface area contributed by atoms with Crippen LogP contribution in [0.2, 0.25) is 0 Å². The van der Waals surface area contributed by atoms with Gasteiger partial charge in [-0.1, -0.05) is 12.1 Å². The van der Waals surface area contributed by atoms with Gasteiger partial charge in [0.15, 0.2) is 0 Å². The number of nitrogens with zero attached hydrogens (tertiary/aromatic N) is 1. The number of carbonyl (C=O) groups excluding carboxylic acids is 1. The maximum Gasteiger partial charge on any atom is 0.282 e. The number of nitro groups is 1. The van der Waals surface area contributed by atoms with Crippen molar-refractivity contribution in [2.24, 2.45) is 0 Å². The third-order valence-electron chi connectivity index (χ3n) is 4.48. The first-order chi connectivity index (χ1) is 14.0. The number of hydrogen-bond acceptors (Lipinski definition) is 6. The molecule has 0 saturated heterocycles. The van der Waals surface area contributed by atoms with Crippen LogP contribution >= 0.6 is 0 Å². The summed E-state index contributed by atoms with van der Waals surface area (Å²) in [7, 11) is 3.03. The van der Waals surface area contributed by atoms with E-state index in [4.69, 9.17) is 9.47 Å². The number of benzene rings is 2. The van der Waals surface area contributed by atoms with Gasteiger partial charge < -0.3 is 19.8 Å². The number of nitro benzene ring substituents is 1. The van der Waals surface area contributed by atoms with E-state index in [2.05, 4.69) is 10.3 Å². The van der Waals surface area contributed by atoms with Crippen LogP contribution in [-0.2, 0) is 6.42 Å². The summed E-state index contributed by atoms with van der Waals surface area (Å²) in [6.45, 7) is 0.131. The van der Waals surface area contributed by atoms with Gasteiger partial charge in [-0.05, 0) is 30.7 Å². The molecule has 1 heterocycles. The molecule has 0 saturated carbocycles. The first-order valence-corrected chi connectivity index (χ1v) is 8.74. The van der Waals surface area contributed by atoms with Gasteiger partial charge in [0.25, 0.3) is 17.2 Å². The number of pyridine rings is 1. The van der Waals surface area contributed by atoms with E-state index in [0.29, 0.717) is 28.0 Å². The predicted molar refractivity (Wildman–Crippen MR) is 107 cm³/mol. The summed E-state index contributed by atoms with van der Waals surface area (Å²) < 4.78 is 10.6. The third kappa shape index (κ3) is 4.03. The van der Waals surface area contributed by atoms with Gasteiger partial charge in [-0.3, -0.25) is 19.7 Å². The van der Waals surface area contributed by atoms with Crippen LogP contribution in [0.3, 0.4) is 0 Å². The molecule has 0 aliphatic carbocycles. The van der Waals surface area contributed by atoms with Crippen molar-refractivity contribution in [2.45, 2.75) is 6.42 Å². The van der Waals surface area contributed by atoms with E-state index >= 15 is 0 Å². The molecule has 1 amide bonds. The van der Waals surface area contributed by atoms with Crippen LogP contribution in [0.25, 0.3) is 10.9 Å². The predicted octanol–water partition coefficient (Wildman–Crippen LogP) is 2.43. The minimum Gasteiger partial charge on any atom is -0.496 e. The highest BCUT2D eigenvalue weighted by Crippen LogP contribution is 2.31. The van der Waals surface area contributed by atoms with Crippen molar-refractivity contribution in [2.75, 3.05) is 20.8 Å². The molecule has 0 aliphatic heterocycles. The van der Waals surface area contributed by atoms with Gasteiger partial charge >= 0.3 is 0 Å². The summed E-state index contributed by atoms with van der Waals surface area (Å²) in [5, 5.41) is 14.4. The topological polar surface area (TPSA) is 124 Å². The normalized spacial score (nSPS) is 10.6. The van der Waals surface area contributed by atoms with E-state index in [1.165, 1.54) is 32.4 Å². The summed E-state index contributed by atoms with van der Waals surface area (Å²) in [6, 6.07) is 10.8. The number of nitrogens with one attached hydrogen (secondary N) is 2. The zero-order valence-corrected chi connectivity index (χ0v) is 15.9. The SMILES string of the molecule is COc1ccc(OC)c2[nH]c(=O)c(CCNC(=O)c3ccccc3[N+](=O)[O-])cc12. The fraction of sp³-hybridized carbons (Fsp3) is 0.200. The van der Waals surface area contributed by atoms with Crippen LogP contribution in [0, 0.1) is 10.1 Å². The van der Waals surface area contributed by atoms with Crippen molar-refractivity contribution in [3.05, 3.63) is 74.1 Å². The van der Waals surface area contributed by atoms with Crippen molar-refractivity contribution in [1.82, 2.24) is 10.3 Å². The molecule has 0 bridgehead atoms. The number of carbonyl (C=O) groups is 1. The molecular formula is C20H19N3O6. The third-order valence-corrected chi connectivity index (χ3v) is 4.48. The molecule has 29 heavy (non-hydrogen) atoms. The Morgan fingerprint density at radius 1 is 1.14 bits per heavy atom. The van der Waals surface area contributed by atoms with Gasteiger partial charge in [0.2, 0.25) is 0 Å². The summed E-state index contributed by atoms with van der Waals surface area (Å²) in [5.41, 5.74) is 0.335. The van der Waals surface area contributed by atoms with Gasteiger partial charge in [-0.15, -0.1) is 0 Å². The Labute approximate surface area is 165 Å². The minimum atomic E-state index is -0.609. The highest BCUT2D eigenvalue weighted by molar-refractivity contribution is 5.98. The van der Waals surface area contributed by atoms with Crippen molar-refractivity contribution in [1.29, 1.82) is 0 Å². The van der Waals surface area contributed by atoms with E-state index in [9.17, 15) is 19.7 Å². The Kier molecular flexibility index (Phi) is 5.77. The monoisotopic (exact) mass is 397 g/mol. The molecule has 2 aromatic carbocycles. The molecule has 150 valence electrons. The average molecular weight is 397 g/mol. The number of ether oxygens (including phenoxy) is 2. The van der Waals surface area contributed by atoms with Crippen LogP contribution < -0.4 is 20.3 Å². The Bertz CT molecular complexity index is 1140. The lowest BCUT2D eigenvalue weighted by atomic mass is 10.1. The zero-order valence-electron chi connectivity index (χ0n) is 15.9. The number of hydrogen-bond donors (Lipinski definition) is 2. The lowest BCUT2D eigenvalue weighted by molar-refractivity contribution is -0.385. The number of methoxy groups -OCH3 is 2. The van der Waals surface area contributed by atoms with Crippen LogP contribution in [0.1, 0.15) is 15.9 Å². The maximum atomic E-state index is 12.4. The summed E-state index contributed by atoms with van der Waals surface area (Å²) in [5.74, 6) is 0.505. The summed E-state index contributed by atoms with van der Waals surface area (Å²) in [6.07, 6.45) is 0.234. The van der Waals surface area contributed by atoms with E-state index in [-0.39, 0.29) is 29.8 Å². The zero-order chi connectivity index (χ0) is 21.0. The molecule has 9 heteroatoms.